The molecule has 294 valence electrons. The summed E-state index contributed by atoms with van der Waals surface area (Å²) in [5.74, 6) is 1.48. The van der Waals surface area contributed by atoms with Crippen molar-refractivity contribution in [2.45, 2.75) is 0 Å². The number of pyridine rings is 2. The molecule has 7 aromatic carbocycles. The van der Waals surface area contributed by atoms with Gasteiger partial charge in [-0.25, -0.2) is 15.0 Å². The third-order valence-corrected chi connectivity index (χ3v) is 12.2. The molecule has 0 saturated heterocycles. The van der Waals surface area contributed by atoms with E-state index in [1.165, 1.54) is 5.39 Å². The molecule has 0 bridgehead atoms. The van der Waals surface area contributed by atoms with Crippen molar-refractivity contribution in [2.24, 2.45) is 0 Å². The molecule has 0 aliphatic rings. The third kappa shape index (κ3) is 5.67. The Bertz CT molecular complexity index is 3860. The van der Waals surface area contributed by atoms with Crippen LogP contribution >= 0.6 is 0 Å². The summed E-state index contributed by atoms with van der Waals surface area (Å²) in [5, 5.41) is 5.63. The number of rotatable bonds is 6. The van der Waals surface area contributed by atoms with E-state index >= 15 is 0 Å². The lowest BCUT2D eigenvalue weighted by Crippen LogP contribution is -2.02. The fourth-order valence-electron chi connectivity index (χ4n) is 9.29. The van der Waals surface area contributed by atoms with Gasteiger partial charge in [0.1, 0.15) is 16.9 Å². The molecule has 0 aliphatic heterocycles. The normalized spacial score (nSPS) is 11.8. The van der Waals surface area contributed by atoms with Crippen LogP contribution in [0.25, 0.3) is 122 Å². The van der Waals surface area contributed by atoms with E-state index in [0.29, 0.717) is 5.82 Å². The average Bonchev–Trinajstić information content (AvgIpc) is 4.01. The van der Waals surface area contributed by atoms with Crippen LogP contribution in [0.5, 0.6) is 0 Å². The van der Waals surface area contributed by atoms with Crippen molar-refractivity contribution in [3.05, 3.63) is 206 Å². The van der Waals surface area contributed by atoms with E-state index in [4.69, 9.17) is 19.4 Å². The van der Waals surface area contributed by atoms with Gasteiger partial charge in [0.25, 0.3) is 0 Å². The van der Waals surface area contributed by atoms with Crippen LogP contribution in [0.2, 0.25) is 0 Å². The highest BCUT2D eigenvalue weighted by Crippen LogP contribution is 2.39. The van der Waals surface area contributed by atoms with E-state index < -0.39 is 0 Å². The van der Waals surface area contributed by atoms with Crippen molar-refractivity contribution in [1.29, 1.82) is 0 Å². The highest BCUT2D eigenvalue weighted by atomic mass is 16.3. The molecule has 63 heavy (non-hydrogen) atoms. The summed E-state index contributed by atoms with van der Waals surface area (Å²) in [4.78, 5) is 20.3. The monoisotopic (exact) mass is 806 g/mol. The van der Waals surface area contributed by atoms with Crippen LogP contribution in [0, 0.1) is 0 Å². The lowest BCUT2D eigenvalue weighted by Gasteiger charge is -2.12. The van der Waals surface area contributed by atoms with Gasteiger partial charge in [0, 0.05) is 67.1 Å². The molecule has 0 spiro atoms. The molecule has 0 aliphatic carbocycles. The second kappa shape index (κ2) is 13.9. The van der Waals surface area contributed by atoms with Gasteiger partial charge in [-0.1, -0.05) is 121 Å². The molecular formula is C56H34N6O. The standard InChI is InChI=1S/C56H34N6O/c1-3-13-35(14-4-1)47-34-54(60-56(59-47)36-15-5-2-6-16-36)62-49-22-10-7-17-40(49)42-27-24-38(32-51(42)62)46-20-11-19-45(58-46)37-25-28-50-43(31-37)41-18-8-9-21-48(41)61(50)39-26-29-52-44(33-39)55-53(63-52)23-12-30-57-55/h1-34H. The van der Waals surface area contributed by atoms with Gasteiger partial charge in [-0.3, -0.25) is 9.55 Å². The summed E-state index contributed by atoms with van der Waals surface area (Å²) in [6.45, 7) is 0. The Hall–Kier alpha value is -8.68. The molecule has 13 rings (SSSR count). The molecule has 0 N–H and O–H groups in total. The minimum Gasteiger partial charge on any atom is -0.454 e. The first-order valence-corrected chi connectivity index (χ1v) is 21.0. The summed E-state index contributed by atoms with van der Waals surface area (Å²) >= 11 is 0. The topological polar surface area (TPSA) is 74.6 Å². The number of nitrogens with zero attached hydrogens (tertiary/aromatic N) is 6. The lowest BCUT2D eigenvalue weighted by molar-refractivity contribution is 0.668. The number of benzene rings is 7. The number of hydrogen-bond donors (Lipinski definition) is 0. The average molecular weight is 807 g/mol. The van der Waals surface area contributed by atoms with E-state index in [0.717, 1.165) is 111 Å². The predicted molar refractivity (Wildman–Crippen MR) is 255 cm³/mol. The molecule has 0 fully saturated rings. The second-order valence-electron chi connectivity index (χ2n) is 15.9. The van der Waals surface area contributed by atoms with Crippen molar-refractivity contribution in [1.82, 2.24) is 29.1 Å². The van der Waals surface area contributed by atoms with Crippen LogP contribution in [-0.4, -0.2) is 29.1 Å². The summed E-state index contributed by atoms with van der Waals surface area (Å²) in [6, 6.07) is 69.6. The summed E-state index contributed by atoms with van der Waals surface area (Å²) in [6.07, 6.45) is 1.82. The molecule has 6 heterocycles. The van der Waals surface area contributed by atoms with Crippen molar-refractivity contribution >= 4 is 65.7 Å². The highest BCUT2D eigenvalue weighted by molar-refractivity contribution is 6.12. The van der Waals surface area contributed by atoms with Crippen molar-refractivity contribution in [3.8, 4) is 56.7 Å². The molecule has 13 aromatic rings. The first-order chi connectivity index (χ1) is 31.2. The zero-order chi connectivity index (χ0) is 41.4. The first kappa shape index (κ1) is 35.1. The lowest BCUT2D eigenvalue weighted by atomic mass is 10.0. The van der Waals surface area contributed by atoms with Gasteiger partial charge in [-0.05, 0) is 72.8 Å². The number of furan rings is 1. The van der Waals surface area contributed by atoms with E-state index in [9.17, 15) is 0 Å². The van der Waals surface area contributed by atoms with E-state index in [1.54, 1.807) is 0 Å². The van der Waals surface area contributed by atoms with Crippen LogP contribution in [0.15, 0.2) is 211 Å². The maximum absolute atomic E-state index is 6.12. The van der Waals surface area contributed by atoms with Crippen LogP contribution in [-0.2, 0) is 0 Å². The highest BCUT2D eigenvalue weighted by Gasteiger charge is 2.19. The van der Waals surface area contributed by atoms with Crippen molar-refractivity contribution in [3.63, 3.8) is 0 Å². The maximum atomic E-state index is 6.12. The smallest absolute Gasteiger partial charge is 0.162 e. The molecule has 0 radical (unpaired) electrons. The minimum absolute atomic E-state index is 0.674. The van der Waals surface area contributed by atoms with Crippen LogP contribution in [0.1, 0.15) is 0 Å². The van der Waals surface area contributed by atoms with Gasteiger partial charge < -0.3 is 8.98 Å². The number of hydrogen-bond acceptors (Lipinski definition) is 5. The molecule has 7 nitrogen and oxygen atoms in total. The van der Waals surface area contributed by atoms with Gasteiger partial charge in [0.2, 0.25) is 0 Å². The molecule has 0 unspecified atom stereocenters. The number of para-hydroxylation sites is 2. The Balaban J connectivity index is 0.942. The predicted octanol–water partition coefficient (Wildman–Crippen LogP) is 14.0. The molecule has 0 atom stereocenters. The zero-order valence-electron chi connectivity index (χ0n) is 33.7. The Labute approximate surface area is 360 Å². The Kier molecular flexibility index (Phi) is 7.77. The Morgan fingerprint density at radius 2 is 1.02 bits per heavy atom. The summed E-state index contributed by atoms with van der Waals surface area (Å²) in [5.41, 5.74) is 14.6. The van der Waals surface area contributed by atoms with E-state index in [-0.39, 0.29) is 0 Å². The van der Waals surface area contributed by atoms with Crippen LogP contribution in [0.4, 0.5) is 0 Å². The van der Waals surface area contributed by atoms with Gasteiger partial charge in [0.15, 0.2) is 11.4 Å². The molecule has 0 amide bonds. The fraction of sp³-hybridized carbons (Fsp3) is 0. The third-order valence-electron chi connectivity index (χ3n) is 12.2. The van der Waals surface area contributed by atoms with Crippen molar-refractivity contribution in [2.75, 3.05) is 0 Å². The fourth-order valence-corrected chi connectivity index (χ4v) is 9.29. The summed E-state index contributed by atoms with van der Waals surface area (Å²) < 4.78 is 10.7. The summed E-state index contributed by atoms with van der Waals surface area (Å²) in [7, 11) is 0. The number of aromatic nitrogens is 6. The van der Waals surface area contributed by atoms with Gasteiger partial charge in [0.05, 0.1) is 39.1 Å². The first-order valence-electron chi connectivity index (χ1n) is 21.0. The van der Waals surface area contributed by atoms with Gasteiger partial charge in [-0.15, -0.1) is 0 Å². The largest absolute Gasteiger partial charge is 0.454 e. The second-order valence-corrected chi connectivity index (χ2v) is 15.9. The zero-order valence-corrected chi connectivity index (χ0v) is 33.7. The SMILES string of the molecule is c1ccc(-c2cc(-n3c4ccccc4c4ccc(-c5cccc(-c6ccc7c(c6)c6ccccc6n7-c6ccc7oc8cccnc8c7c6)n5)cc43)nc(-c3ccccc3)n2)cc1. The van der Waals surface area contributed by atoms with E-state index in [1.807, 2.05) is 60.8 Å². The van der Waals surface area contributed by atoms with E-state index in [2.05, 4.69) is 160 Å². The maximum Gasteiger partial charge on any atom is 0.162 e. The van der Waals surface area contributed by atoms with Crippen LogP contribution < -0.4 is 0 Å². The molecule has 0 saturated carbocycles. The molecular weight excluding hydrogens is 773 g/mol. The van der Waals surface area contributed by atoms with Crippen LogP contribution in [0.3, 0.4) is 0 Å². The van der Waals surface area contributed by atoms with Crippen molar-refractivity contribution < 1.29 is 4.42 Å². The Morgan fingerprint density at radius 3 is 1.83 bits per heavy atom. The van der Waals surface area contributed by atoms with Gasteiger partial charge >= 0.3 is 0 Å². The number of fused-ring (bicyclic) bond motifs is 9. The minimum atomic E-state index is 0.674. The molecule has 6 aromatic heterocycles. The Morgan fingerprint density at radius 1 is 0.349 bits per heavy atom. The van der Waals surface area contributed by atoms with Gasteiger partial charge in [-0.2, -0.15) is 0 Å². The molecule has 7 heteroatoms. The quantitative estimate of drug-likeness (QED) is 0.167.